The van der Waals surface area contributed by atoms with Gasteiger partial charge in [-0.25, -0.2) is 0 Å². The highest BCUT2D eigenvalue weighted by molar-refractivity contribution is 5.63. The molecule has 15 heavy (non-hydrogen) atoms. The highest BCUT2D eigenvalue weighted by atomic mass is 16.5. The quantitative estimate of drug-likeness (QED) is 0.777. The molecule has 0 amide bonds. The fraction of sp³-hybridized carbons (Fsp3) is 0.500. The Morgan fingerprint density at radius 2 is 2.27 bits per heavy atom. The van der Waals surface area contributed by atoms with E-state index in [0.29, 0.717) is 12.6 Å². The van der Waals surface area contributed by atoms with E-state index in [4.69, 9.17) is 10.5 Å². The van der Waals surface area contributed by atoms with Crippen molar-refractivity contribution in [1.29, 1.82) is 0 Å². The number of nitrogens with one attached hydrogen (secondary N) is 1. The lowest BCUT2D eigenvalue weighted by Gasteiger charge is -2.33. The molecule has 1 aliphatic heterocycles. The molecule has 82 valence electrons. The average molecular weight is 206 g/mol. The number of ether oxygens (including phenoxy) is 1. The van der Waals surface area contributed by atoms with Crippen molar-refractivity contribution in [3.63, 3.8) is 0 Å². The van der Waals surface area contributed by atoms with Crippen LogP contribution in [0.4, 0.5) is 5.69 Å². The first kappa shape index (κ1) is 10.3. The van der Waals surface area contributed by atoms with Crippen LogP contribution >= 0.6 is 0 Å². The summed E-state index contributed by atoms with van der Waals surface area (Å²) in [6.45, 7) is 4.89. The number of para-hydroxylation sites is 1. The van der Waals surface area contributed by atoms with Crippen molar-refractivity contribution in [3.05, 3.63) is 23.8 Å². The zero-order chi connectivity index (χ0) is 10.8. The molecule has 2 unspecified atom stereocenters. The molecule has 3 nitrogen and oxygen atoms in total. The number of anilines is 1. The highest BCUT2D eigenvalue weighted by Gasteiger charge is 2.25. The van der Waals surface area contributed by atoms with Crippen LogP contribution in [-0.2, 0) is 0 Å². The van der Waals surface area contributed by atoms with E-state index >= 15 is 0 Å². The maximum Gasteiger partial charge on any atom is 0.143 e. The lowest BCUT2D eigenvalue weighted by molar-refractivity contribution is 0.167. The van der Waals surface area contributed by atoms with Crippen LogP contribution in [0.2, 0.25) is 0 Å². The second kappa shape index (κ2) is 4.11. The number of hydrogen-bond donors (Lipinski definition) is 2. The molecule has 3 N–H and O–H groups in total. The molecule has 0 aromatic heterocycles. The summed E-state index contributed by atoms with van der Waals surface area (Å²) in [5.74, 6) is 0.951. The van der Waals surface area contributed by atoms with Crippen molar-refractivity contribution in [2.24, 2.45) is 5.73 Å². The third-order valence-electron chi connectivity index (χ3n) is 2.89. The number of rotatable bonds is 2. The Balaban J connectivity index is 2.25. The predicted octanol–water partition coefficient (Wildman–Crippen LogP) is 1.91. The van der Waals surface area contributed by atoms with Crippen LogP contribution in [0, 0.1) is 6.92 Å². The molecule has 0 aliphatic carbocycles. The second-order valence-corrected chi connectivity index (χ2v) is 4.11. The third-order valence-corrected chi connectivity index (χ3v) is 2.89. The first-order valence-corrected chi connectivity index (χ1v) is 5.45. The first-order valence-electron chi connectivity index (χ1n) is 5.45. The Hall–Kier alpha value is -1.22. The van der Waals surface area contributed by atoms with Crippen LogP contribution in [0.5, 0.6) is 5.75 Å². The normalized spacial score (nSPS) is 23.9. The van der Waals surface area contributed by atoms with Crippen LogP contribution < -0.4 is 15.8 Å². The fourth-order valence-electron chi connectivity index (χ4n) is 1.98. The molecule has 1 aromatic carbocycles. The van der Waals surface area contributed by atoms with Crippen molar-refractivity contribution in [2.75, 3.05) is 11.9 Å². The van der Waals surface area contributed by atoms with Gasteiger partial charge in [-0.2, -0.15) is 0 Å². The molecule has 1 aromatic rings. The maximum absolute atomic E-state index is 5.92. The molecule has 0 fully saturated rings. The summed E-state index contributed by atoms with van der Waals surface area (Å²) < 4.78 is 5.92. The standard InChI is InChI=1S/C12H18N2O/c1-8-4-3-5-11-12(8)14-9(2)10(15-11)6-7-13/h3-5,9-10,14H,6-7,13H2,1-2H3. The van der Waals surface area contributed by atoms with E-state index in [0.717, 1.165) is 17.9 Å². The summed E-state index contributed by atoms with van der Waals surface area (Å²) in [7, 11) is 0. The van der Waals surface area contributed by atoms with Crippen LogP contribution in [-0.4, -0.2) is 18.7 Å². The van der Waals surface area contributed by atoms with E-state index in [1.54, 1.807) is 0 Å². The van der Waals surface area contributed by atoms with Crippen LogP contribution in [0.3, 0.4) is 0 Å². The second-order valence-electron chi connectivity index (χ2n) is 4.11. The van der Waals surface area contributed by atoms with Crippen molar-refractivity contribution >= 4 is 5.69 Å². The Labute approximate surface area is 90.6 Å². The molecule has 0 bridgehead atoms. The van der Waals surface area contributed by atoms with Gasteiger partial charge in [-0.3, -0.25) is 0 Å². The maximum atomic E-state index is 5.92. The monoisotopic (exact) mass is 206 g/mol. The van der Waals surface area contributed by atoms with Gasteiger partial charge in [0.25, 0.3) is 0 Å². The molecule has 1 heterocycles. The average Bonchev–Trinajstić information content (AvgIpc) is 2.21. The van der Waals surface area contributed by atoms with Crippen LogP contribution in [0.25, 0.3) is 0 Å². The Kier molecular flexibility index (Phi) is 2.82. The summed E-state index contributed by atoms with van der Waals surface area (Å²) in [4.78, 5) is 0. The summed E-state index contributed by atoms with van der Waals surface area (Å²) in [5.41, 5.74) is 7.91. The molecular weight excluding hydrogens is 188 g/mol. The smallest absolute Gasteiger partial charge is 0.143 e. The molecule has 0 spiro atoms. The molecule has 2 rings (SSSR count). The Morgan fingerprint density at radius 3 is 3.00 bits per heavy atom. The van der Waals surface area contributed by atoms with Gasteiger partial charge in [-0.15, -0.1) is 0 Å². The van der Waals surface area contributed by atoms with Gasteiger partial charge in [-0.1, -0.05) is 12.1 Å². The first-order chi connectivity index (χ1) is 7.22. The fourth-order valence-corrected chi connectivity index (χ4v) is 1.98. The van der Waals surface area contributed by atoms with Gasteiger partial charge in [0.2, 0.25) is 0 Å². The minimum Gasteiger partial charge on any atom is -0.486 e. The molecule has 0 saturated heterocycles. The molecule has 0 saturated carbocycles. The SMILES string of the molecule is Cc1cccc2c1NC(C)C(CCN)O2. The van der Waals surface area contributed by atoms with E-state index in [-0.39, 0.29) is 6.10 Å². The van der Waals surface area contributed by atoms with Gasteiger partial charge >= 0.3 is 0 Å². The topological polar surface area (TPSA) is 47.3 Å². The Morgan fingerprint density at radius 1 is 1.47 bits per heavy atom. The van der Waals surface area contributed by atoms with E-state index in [9.17, 15) is 0 Å². The molecule has 1 aliphatic rings. The number of fused-ring (bicyclic) bond motifs is 1. The van der Waals surface area contributed by atoms with Gasteiger partial charge in [0, 0.05) is 0 Å². The number of hydrogen-bond acceptors (Lipinski definition) is 3. The van der Waals surface area contributed by atoms with Crippen molar-refractivity contribution in [2.45, 2.75) is 32.4 Å². The zero-order valence-electron chi connectivity index (χ0n) is 9.29. The van der Waals surface area contributed by atoms with Crippen molar-refractivity contribution in [3.8, 4) is 5.75 Å². The van der Waals surface area contributed by atoms with E-state index < -0.39 is 0 Å². The third kappa shape index (κ3) is 1.92. The minimum atomic E-state index is 0.185. The zero-order valence-corrected chi connectivity index (χ0v) is 9.29. The van der Waals surface area contributed by atoms with Gasteiger partial charge in [0.1, 0.15) is 11.9 Å². The van der Waals surface area contributed by atoms with Gasteiger partial charge < -0.3 is 15.8 Å². The summed E-state index contributed by atoms with van der Waals surface area (Å²) in [6.07, 6.45) is 1.07. The largest absolute Gasteiger partial charge is 0.486 e. The van der Waals surface area contributed by atoms with Crippen LogP contribution in [0.15, 0.2) is 18.2 Å². The van der Waals surface area contributed by atoms with Crippen molar-refractivity contribution < 1.29 is 4.74 Å². The lowest BCUT2D eigenvalue weighted by Crippen LogP contribution is -2.40. The van der Waals surface area contributed by atoms with E-state index in [1.807, 2.05) is 12.1 Å². The number of nitrogens with two attached hydrogens (primary N) is 1. The number of benzene rings is 1. The summed E-state index contributed by atoms with van der Waals surface area (Å²) in [6, 6.07) is 6.43. The summed E-state index contributed by atoms with van der Waals surface area (Å²) in [5, 5.41) is 3.48. The van der Waals surface area contributed by atoms with Crippen molar-refractivity contribution in [1.82, 2.24) is 0 Å². The molecular formula is C12H18N2O. The van der Waals surface area contributed by atoms with Gasteiger partial charge in [0.15, 0.2) is 0 Å². The summed E-state index contributed by atoms with van der Waals surface area (Å²) >= 11 is 0. The predicted molar refractivity (Wildman–Crippen MR) is 62.4 cm³/mol. The molecule has 0 radical (unpaired) electrons. The lowest BCUT2D eigenvalue weighted by atomic mass is 10.0. The van der Waals surface area contributed by atoms with Gasteiger partial charge in [-0.05, 0) is 38.4 Å². The molecule has 3 heteroatoms. The van der Waals surface area contributed by atoms with E-state index in [2.05, 4.69) is 25.2 Å². The minimum absolute atomic E-state index is 0.185. The highest BCUT2D eigenvalue weighted by Crippen LogP contribution is 2.34. The van der Waals surface area contributed by atoms with E-state index in [1.165, 1.54) is 5.56 Å². The number of aryl methyl sites for hydroxylation is 1. The van der Waals surface area contributed by atoms with Gasteiger partial charge in [0.05, 0.1) is 11.7 Å². The molecule has 2 atom stereocenters. The Bertz CT molecular complexity index is 351. The van der Waals surface area contributed by atoms with Crippen LogP contribution in [0.1, 0.15) is 18.9 Å².